The van der Waals surface area contributed by atoms with Crippen molar-refractivity contribution < 1.29 is 9.32 Å². The number of H-pyrrole nitrogens is 1. The molecule has 3 aromatic rings. The van der Waals surface area contributed by atoms with Crippen LogP contribution in [-0.2, 0) is 6.54 Å². The van der Waals surface area contributed by atoms with E-state index < -0.39 is 0 Å². The Morgan fingerprint density at radius 3 is 2.88 bits per heavy atom. The number of hydrogen-bond acceptors (Lipinski definition) is 4. The summed E-state index contributed by atoms with van der Waals surface area (Å²) >= 11 is 0. The first-order valence-electron chi connectivity index (χ1n) is 9.12. The van der Waals surface area contributed by atoms with E-state index in [0.29, 0.717) is 17.0 Å². The Morgan fingerprint density at radius 1 is 1.19 bits per heavy atom. The molecular formula is C20H24N4O2. The van der Waals surface area contributed by atoms with Crippen LogP contribution >= 0.6 is 0 Å². The van der Waals surface area contributed by atoms with E-state index in [1.165, 1.54) is 16.5 Å². The lowest BCUT2D eigenvalue weighted by Crippen LogP contribution is -2.35. The van der Waals surface area contributed by atoms with E-state index in [9.17, 15) is 4.79 Å². The average Bonchev–Trinajstić information content (AvgIpc) is 3.14. The van der Waals surface area contributed by atoms with E-state index in [1.54, 1.807) is 6.92 Å². The maximum Gasteiger partial charge on any atom is 0.259 e. The normalized spacial score (nSPS) is 16.2. The van der Waals surface area contributed by atoms with Gasteiger partial charge in [0.25, 0.3) is 5.91 Å². The molecule has 1 aromatic carbocycles. The van der Waals surface area contributed by atoms with E-state index in [4.69, 9.17) is 4.52 Å². The molecule has 2 aromatic heterocycles. The second-order valence-electron chi connectivity index (χ2n) is 7.02. The highest BCUT2D eigenvalue weighted by Gasteiger charge is 2.25. The van der Waals surface area contributed by atoms with Gasteiger partial charge >= 0.3 is 0 Å². The molecule has 136 valence electrons. The van der Waals surface area contributed by atoms with Gasteiger partial charge in [0.1, 0.15) is 11.3 Å². The summed E-state index contributed by atoms with van der Waals surface area (Å²) in [6.07, 6.45) is 2.94. The van der Waals surface area contributed by atoms with E-state index >= 15 is 0 Å². The number of carbonyl (C=O) groups excluding carboxylic acids is 1. The van der Waals surface area contributed by atoms with Crippen LogP contribution in [0, 0.1) is 13.8 Å². The molecule has 6 nitrogen and oxygen atoms in total. The molecule has 26 heavy (non-hydrogen) atoms. The summed E-state index contributed by atoms with van der Waals surface area (Å²) in [5.74, 6) is 0.644. The zero-order valence-corrected chi connectivity index (χ0v) is 15.3. The van der Waals surface area contributed by atoms with Crippen LogP contribution in [0.4, 0.5) is 0 Å². The summed E-state index contributed by atoms with van der Waals surface area (Å²) in [5.41, 5.74) is 3.77. The topological polar surface area (TPSA) is 65.4 Å². The predicted molar refractivity (Wildman–Crippen MR) is 100 cm³/mol. The number of aromatic nitrogens is 2. The SMILES string of the molecule is Cc1noc(C)c1C(=O)N1CCCN(Cc2ccc3[nH]ccc3c2)CC1. The molecule has 1 saturated heterocycles. The number of nitrogens with zero attached hydrogens (tertiary/aromatic N) is 3. The van der Waals surface area contributed by atoms with Gasteiger partial charge in [-0.1, -0.05) is 11.2 Å². The number of aryl methyl sites for hydroxylation is 2. The molecular weight excluding hydrogens is 328 g/mol. The molecule has 0 bridgehead atoms. The van der Waals surface area contributed by atoms with Gasteiger partial charge in [-0.05, 0) is 49.4 Å². The van der Waals surface area contributed by atoms with Crippen molar-refractivity contribution in [3.8, 4) is 0 Å². The first-order chi connectivity index (χ1) is 12.6. The lowest BCUT2D eigenvalue weighted by atomic mass is 10.1. The molecule has 1 aliphatic rings. The van der Waals surface area contributed by atoms with Gasteiger partial charge in [0.05, 0.1) is 5.69 Å². The summed E-state index contributed by atoms with van der Waals surface area (Å²) < 4.78 is 5.16. The standard InChI is InChI=1S/C20H24N4O2/c1-14-19(15(2)26-22-14)20(25)24-9-3-8-23(10-11-24)13-16-4-5-18-17(12-16)6-7-21-18/h4-7,12,21H,3,8-11,13H2,1-2H3. The van der Waals surface area contributed by atoms with E-state index in [1.807, 2.05) is 18.0 Å². The maximum atomic E-state index is 12.8. The predicted octanol–water partition coefficient (Wildman–Crippen LogP) is 3.12. The number of fused-ring (bicyclic) bond motifs is 1. The Hall–Kier alpha value is -2.60. The van der Waals surface area contributed by atoms with Crippen molar-refractivity contribution in [3.63, 3.8) is 0 Å². The average molecular weight is 352 g/mol. The first-order valence-corrected chi connectivity index (χ1v) is 9.12. The third-order valence-electron chi connectivity index (χ3n) is 5.15. The van der Waals surface area contributed by atoms with Gasteiger partial charge in [-0.2, -0.15) is 0 Å². The van der Waals surface area contributed by atoms with Crippen molar-refractivity contribution >= 4 is 16.8 Å². The highest BCUT2D eigenvalue weighted by molar-refractivity contribution is 5.96. The Balaban J connectivity index is 1.42. The van der Waals surface area contributed by atoms with Crippen LogP contribution in [-0.4, -0.2) is 52.0 Å². The summed E-state index contributed by atoms with van der Waals surface area (Å²) in [6.45, 7) is 7.91. The Morgan fingerprint density at radius 2 is 2.08 bits per heavy atom. The van der Waals surface area contributed by atoms with Gasteiger partial charge in [-0.3, -0.25) is 9.69 Å². The highest BCUT2D eigenvalue weighted by atomic mass is 16.5. The Kier molecular flexibility index (Phi) is 4.51. The van der Waals surface area contributed by atoms with E-state index in [0.717, 1.165) is 39.1 Å². The molecule has 0 spiro atoms. The minimum absolute atomic E-state index is 0.0387. The van der Waals surface area contributed by atoms with Crippen molar-refractivity contribution in [1.29, 1.82) is 0 Å². The molecule has 3 heterocycles. The Labute approximate surface area is 152 Å². The van der Waals surface area contributed by atoms with Crippen molar-refractivity contribution in [2.75, 3.05) is 26.2 Å². The number of nitrogens with one attached hydrogen (secondary N) is 1. The van der Waals surface area contributed by atoms with Gasteiger partial charge in [0.2, 0.25) is 0 Å². The molecule has 1 fully saturated rings. The summed E-state index contributed by atoms with van der Waals surface area (Å²) in [6, 6.07) is 8.65. The quantitative estimate of drug-likeness (QED) is 0.786. The molecule has 0 radical (unpaired) electrons. The third kappa shape index (κ3) is 3.24. The molecule has 1 N–H and O–H groups in total. The van der Waals surface area contributed by atoms with Crippen molar-refractivity contribution in [2.45, 2.75) is 26.8 Å². The summed E-state index contributed by atoms with van der Waals surface area (Å²) in [5, 5.41) is 5.15. The molecule has 4 rings (SSSR count). The monoisotopic (exact) mass is 352 g/mol. The van der Waals surface area contributed by atoms with Crippen LogP contribution in [0.5, 0.6) is 0 Å². The number of aromatic amines is 1. The van der Waals surface area contributed by atoms with Crippen LogP contribution in [0.15, 0.2) is 35.0 Å². The van der Waals surface area contributed by atoms with E-state index in [-0.39, 0.29) is 5.91 Å². The molecule has 1 aliphatic heterocycles. The van der Waals surface area contributed by atoms with Crippen LogP contribution in [0.25, 0.3) is 10.9 Å². The molecule has 0 saturated carbocycles. The van der Waals surface area contributed by atoms with Crippen molar-refractivity contribution in [1.82, 2.24) is 19.9 Å². The lowest BCUT2D eigenvalue weighted by Gasteiger charge is -2.22. The summed E-state index contributed by atoms with van der Waals surface area (Å²) in [7, 11) is 0. The molecule has 1 amide bonds. The van der Waals surface area contributed by atoms with Gasteiger partial charge in [-0.15, -0.1) is 0 Å². The van der Waals surface area contributed by atoms with Gasteiger partial charge in [-0.25, -0.2) is 0 Å². The smallest absolute Gasteiger partial charge is 0.259 e. The minimum Gasteiger partial charge on any atom is -0.361 e. The largest absolute Gasteiger partial charge is 0.361 e. The zero-order valence-electron chi connectivity index (χ0n) is 15.3. The fourth-order valence-corrected chi connectivity index (χ4v) is 3.74. The van der Waals surface area contributed by atoms with Crippen LogP contribution < -0.4 is 0 Å². The lowest BCUT2D eigenvalue weighted by molar-refractivity contribution is 0.0758. The number of amides is 1. The highest BCUT2D eigenvalue weighted by Crippen LogP contribution is 2.19. The number of hydrogen-bond donors (Lipinski definition) is 1. The van der Waals surface area contributed by atoms with Gasteiger partial charge < -0.3 is 14.4 Å². The van der Waals surface area contributed by atoms with Crippen molar-refractivity contribution in [2.24, 2.45) is 0 Å². The molecule has 0 unspecified atom stereocenters. The number of carbonyl (C=O) groups is 1. The zero-order chi connectivity index (χ0) is 18.1. The fourth-order valence-electron chi connectivity index (χ4n) is 3.74. The van der Waals surface area contributed by atoms with Gasteiger partial charge in [0.15, 0.2) is 0 Å². The first kappa shape index (κ1) is 16.8. The summed E-state index contributed by atoms with van der Waals surface area (Å²) in [4.78, 5) is 20.4. The second-order valence-corrected chi connectivity index (χ2v) is 7.02. The third-order valence-corrected chi connectivity index (χ3v) is 5.15. The van der Waals surface area contributed by atoms with E-state index in [2.05, 4.69) is 39.3 Å². The van der Waals surface area contributed by atoms with Crippen LogP contribution in [0.3, 0.4) is 0 Å². The van der Waals surface area contributed by atoms with Gasteiger partial charge in [0, 0.05) is 44.4 Å². The van der Waals surface area contributed by atoms with Crippen LogP contribution in [0.2, 0.25) is 0 Å². The molecule has 6 heteroatoms. The number of rotatable bonds is 3. The Bertz CT molecular complexity index is 907. The molecule has 0 atom stereocenters. The minimum atomic E-state index is 0.0387. The maximum absolute atomic E-state index is 12.8. The number of benzene rings is 1. The fraction of sp³-hybridized carbons (Fsp3) is 0.400. The van der Waals surface area contributed by atoms with Crippen LogP contribution in [0.1, 0.15) is 33.8 Å². The second kappa shape index (κ2) is 6.96. The molecule has 0 aliphatic carbocycles. The van der Waals surface area contributed by atoms with Crippen molar-refractivity contribution in [3.05, 3.63) is 53.0 Å².